The molecule has 1 aliphatic heterocycles. The predicted octanol–water partition coefficient (Wildman–Crippen LogP) is -0.179. The molecule has 1 rings (SSSR count). The molecule has 1 fully saturated rings. The standard InChI is InChI=1S/C12H25N3O2/c1-10(13-6-7-15(2)3)12(16)14-9-11-5-4-8-17-11/h10-11,13H,4-9H2,1-3H3,(H,14,16)/t10-,11+/m0/s1. The minimum atomic E-state index is -0.142. The van der Waals surface area contributed by atoms with E-state index < -0.39 is 0 Å². The van der Waals surface area contributed by atoms with E-state index >= 15 is 0 Å². The molecule has 2 N–H and O–H groups in total. The van der Waals surface area contributed by atoms with Crippen molar-refractivity contribution in [2.45, 2.75) is 31.9 Å². The van der Waals surface area contributed by atoms with Gasteiger partial charge >= 0.3 is 0 Å². The number of hydrogen-bond acceptors (Lipinski definition) is 4. The number of nitrogens with one attached hydrogen (secondary N) is 2. The zero-order valence-electron chi connectivity index (χ0n) is 11.2. The van der Waals surface area contributed by atoms with E-state index in [0.717, 1.165) is 32.5 Å². The minimum absolute atomic E-state index is 0.0549. The first-order valence-corrected chi connectivity index (χ1v) is 6.37. The summed E-state index contributed by atoms with van der Waals surface area (Å²) in [5.41, 5.74) is 0. The van der Waals surface area contributed by atoms with Crippen LogP contribution in [0.5, 0.6) is 0 Å². The highest BCUT2D eigenvalue weighted by Crippen LogP contribution is 2.10. The van der Waals surface area contributed by atoms with Crippen LogP contribution in [-0.2, 0) is 9.53 Å². The van der Waals surface area contributed by atoms with Crippen LogP contribution < -0.4 is 10.6 Å². The van der Waals surface area contributed by atoms with E-state index in [0.29, 0.717) is 6.54 Å². The molecule has 0 saturated carbocycles. The third-order valence-corrected chi connectivity index (χ3v) is 2.93. The van der Waals surface area contributed by atoms with Gasteiger partial charge in [0.25, 0.3) is 0 Å². The van der Waals surface area contributed by atoms with Crippen LogP contribution in [0.25, 0.3) is 0 Å². The van der Waals surface area contributed by atoms with E-state index in [1.54, 1.807) is 0 Å². The third kappa shape index (κ3) is 6.00. The number of nitrogens with zero attached hydrogens (tertiary/aromatic N) is 1. The molecule has 0 aromatic heterocycles. The van der Waals surface area contributed by atoms with Crippen LogP contribution in [0.15, 0.2) is 0 Å². The van der Waals surface area contributed by atoms with Crippen molar-refractivity contribution < 1.29 is 9.53 Å². The van der Waals surface area contributed by atoms with E-state index in [9.17, 15) is 4.79 Å². The smallest absolute Gasteiger partial charge is 0.236 e. The largest absolute Gasteiger partial charge is 0.376 e. The predicted molar refractivity (Wildman–Crippen MR) is 68.0 cm³/mol. The van der Waals surface area contributed by atoms with Gasteiger partial charge in [0.15, 0.2) is 0 Å². The van der Waals surface area contributed by atoms with Crippen molar-refractivity contribution >= 4 is 5.91 Å². The molecule has 0 aromatic rings. The molecule has 2 atom stereocenters. The van der Waals surface area contributed by atoms with Gasteiger partial charge in [-0.25, -0.2) is 0 Å². The van der Waals surface area contributed by atoms with Crippen LogP contribution in [0.4, 0.5) is 0 Å². The first-order chi connectivity index (χ1) is 8.09. The SMILES string of the molecule is C[C@H](NCCN(C)C)C(=O)NC[C@H]1CCCO1. The Labute approximate surface area is 104 Å². The van der Waals surface area contributed by atoms with Crippen molar-refractivity contribution in [2.24, 2.45) is 0 Å². The minimum Gasteiger partial charge on any atom is -0.376 e. The number of likely N-dealkylation sites (N-methyl/N-ethyl adjacent to an activating group) is 1. The summed E-state index contributed by atoms with van der Waals surface area (Å²) in [5.74, 6) is 0.0549. The quantitative estimate of drug-likeness (QED) is 0.651. The highest BCUT2D eigenvalue weighted by molar-refractivity contribution is 5.81. The van der Waals surface area contributed by atoms with Gasteiger partial charge in [-0.1, -0.05) is 0 Å². The fraction of sp³-hybridized carbons (Fsp3) is 0.917. The molecule has 0 bridgehead atoms. The van der Waals surface area contributed by atoms with Crippen molar-refractivity contribution in [1.29, 1.82) is 0 Å². The summed E-state index contributed by atoms with van der Waals surface area (Å²) in [6, 6.07) is -0.142. The molecular formula is C12H25N3O2. The van der Waals surface area contributed by atoms with Crippen LogP contribution in [0.3, 0.4) is 0 Å². The first kappa shape index (κ1) is 14.4. The maximum Gasteiger partial charge on any atom is 0.236 e. The van der Waals surface area contributed by atoms with Crippen LogP contribution in [-0.4, -0.2) is 63.3 Å². The second kappa shape index (κ2) is 7.63. The van der Waals surface area contributed by atoms with Crippen molar-refractivity contribution in [3.8, 4) is 0 Å². The number of rotatable bonds is 7. The lowest BCUT2D eigenvalue weighted by Gasteiger charge is -2.17. The number of carbonyl (C=O) groups excluding carboxylic acids is 1. The molecule has 100 valence electrons. The summed E-state index contributed by atoms with van der Waals surface area (Å²) in [7, 11) is 4.04. The van der Waals surface area contributed by atoms with Crippen LogP contribution >= 0.6 is 0 Å². The normalized spacial score (nSPS) is 21.8. The topological polar surface area (TPSA) is 53.6 Å². The molecule has 1 heterocycles. The monoisotopic (exact) mass is 243 g/mol. The van der Waals surface area contributed by atoms with Crippen molar-refractivity contribution in [3.63, 3.8) is 0 Å². The maximum absolute atomic E-state index is 11.7. The van der Waals surface area contributed by atoms with Gasteiger partial charge in [-0.2, -0.15) is 0 Å². The number of hydrogen-bond donors (Lipinski definition) is 2. The zero-order chi connectivity index (χ0) is 12.7. The molecule has 17 heavy (non-hydrogen) atoms. The molecule has 0 aliphatic carbocycles. The van der Waals surface area contributed by atoms with Gasteiger partial charge in [0, 0.05) is 26.2 Å². The van der Waals surface area contributed by atoms with Crippen LogP contribution in [0.1, 0.15) is 19.8 Å². The van der Waals surface area contributed by atoms with Gasteiger partial charge in [-0.05, 0) is 33.9 Å². The Kier molecular flexibility index (Phi) is 6.47. The Morgan fingerprint density at radius 3 is 2.88 bits per heavy atom. The second-order valence-electron chi connectivity index (χ2n) is 4.86. The Balaban J connectivity index is 2.08. The fourth-order valence-electron chi connectivity index (χ4n) is 1.77. The average Bonchev–Trinajstić information content (AvgIpc) is 2.78. The summed E-state index contributed by atoms with van der Waals surface area (Å²) in [6.45, 7) is 5.11. The third-order valence-electron chi connectivity index (χ3n) is 2.93. The zero-order valence-corrected chi connectivity index (χ0v) is 11.2. The van der Waals surface area contributed by atoms with Crippen LogP contribution in [0, 0.1) is 0 Å². The van der Waals surface area contributed by atoms with Gasteiger partial charge in [0.2, 0.25) is 5.91 Å². The lowest BCUT2D eigenvalue weighted by molar-refractivity contribution is -0.123. The summed E-state index contributed by atoms with van der Waals surface area (Å²) < 4.78 is 5.45. The Hall–Kier alpha value is -0.650. The Bertz CT molecular complexity index is 228. The van der Waals surface area contributed by atoms with Crippen LogP contribution in [0.2, 0.25) is 0 Å². The number of amides is 1. The molecule has 0 radical (unpaired) electrons. The van der Waals surface area contributed by atoms with Gasteiger partial charge < -0.3 is 20.3 Å². The summed E-state index contributed by atoms with van der Waals surface area (Å²) in [6.07, 6.45) is 2.38. The fourth-order valence-corrected chi connectivity index (χ4v) is 1.77. The van der Waals surface area contributed by atoms with Crippen molar-refractivity contribution in [2.75, 3.05) is 40.3 Å². The Morgan fingerprint density at radius 1 is 1.53 bits per heavy atom. The highest BCUT2D eigenvalue weighted by Gasteiger charge is 2.18. The van der Waals surface area contributed by atoms with E-state index in [2.05, 4.69) is 15.5 Å². The molecule has 0 aromatic carbocycles. The summed E-state index contributed by atoms with van der Waals surface area (Å²) in [4.78, 5) is 13.8. The van der Waals surface area contributed by atoms with E-state index in [1.807, 2.05) is 21.0 Å². The van der Waals surface area contributed by atoms with Gasteiger partial charge in [0.1, 0.15) is 0 Å². The maximum atomic E-state index is 11.7. The molecule has 1 aliphatic rings. The molecule has 5 heteroatoms. The van der Waals surface area contributed by atoms with E-state index in [1.165, 1.54) is 0 Å². The highest BCUT2D eigenvalue weighted by atomic mass is 16.5. The molecule has 1 saturated heterocycles. The van der Waals surface area contributed by atoms with E-state index in [-0.39, 0.29) is 18.1 Å². The number of carbonyl (C=O) groups is 1. The first-order valence-electron chi connectivity index (χ1n) is 6.37. The van der Waals surface area contributed by atoms with E-state index in [4.69, 9.17) is 4.74 Å². The average molecular weight is 243 g/mol. The van der Waals surface area contributed by atoms with Gasteiger partial charge in [-0.15, -0.1) is 0 Å². The lowest BCUT2D eigenvalue weighted by Crippen LogP contribution is -2.46. The van der Waals surface area contributed by atoms with Gasteiger partial charge in [0.05, 0.1) is 12.1 Å². The lowest BCUT2D eigenvalue weighted by atomic mass is 10.2. The summed E-state index contributed by atoms with van der Waals surface area (Å²) in [5, 5.41) is 6.12. The number of ether oxygens (including phenoxy) is 1. The van der Waals surface area contributed by atoms with Gasteiger partial charge in [-0.3, -0.25) is 4.79 Å². The molecule has 0 spiro atoms. The van der Waals surface area contributed by atoms with Crippen molar-refractivity contribution in [3.05, 3.63) is 0 Å². The molecule has 0 unspecified atom stereocenters. The summed E-state index contributed by atoms with van der Waals surface area (Å²) >= 11 is 0. The van der Waals surface area contributed by atoms with Crippen molar-refractivity contribution in [1.82, 2.24) is 15.5 Å². The molecule has 5 nitrogen and oxygen atoms in total. The molecular weight excluding hydrogens is 218 g/mol. The molecule has 1 amide bonds. The Morgan fingerprint density at radius 2 is 2.29 bits per heavy atom. The second-order valence-corrected chi connectivity index (χ2v) is 4.86.